The van der Waals surface area contributed by atoms with E-state index in [1.165, 1.54) is 6.42 Å². The Bertz CT molecular complexity index is 662. The van der Waals surface area contributed by atoms with E-state index in [4.69, 9.17) is 0 Å². The molecule has 3 rings (SSSR count). The van der Waals surface area contributed by atoms with Crippen LogP contribution in [0.3, 0.4) is 0 Å². The van der Waals surface area contributed by atoms with Crippen molar-refractivity contribution in [1.29, 1.82) is 0 Å². The zero-order valence-electron chi connectivity index (χ0n) is 12.1. The van der Waals surface area contributed by atoms with E-state index >= 15 is 0 Å². The van der Waals surface area contributed by atoms with Gasteiger partial charge in [-0.1, -0.05) is 0 Å². The summed E-state index contributed by atoms with van der Waals surface area (Å²) >= 11 is 0. The Balaban J connectivity index is 1.82. The second-order valence-electron chi connectivity index (χ2n) is 5.95. The van der Waals surface area contributed by atoms with Gasteiger partial charge in [-0.15, -0.1) is 0 Å². The lowest BCUT2D eigenvalue weighted by Crippen LogP contribution is -2.30. The maximum Gasteiger partial charge on any atom is 0.260 e. The monoisotopic (exact) mass is 271 g/mol. The summed E-state index contributed by atoms with van der Waals surface area (Å²) < 4.78 is 1.85. The minimum absolute atomic E-state index is 0.0820. The van der Waals surface area contributed by atoms with Gasteiger partial charge >= 0.3 is 0 Å². The van der Waals surface area contributed by atoms with Crippen molar-refractivity contribution in [3.8, 4) is 0 Å². The molecule has 0 unspecified atom stereocenters. The highest BCUT2D eigenvalue weighted by atomic mass is 16.1. The van der Waals surface area contributed by atoms with Gasteiger partial charge in [-0.25, -0.2) is 0 Å². The molecule has 1 aliphatic heterocycles. The highest BCUT2D eigenvalue weighted by molar-refractivity contribution is 5.76. The second kappa shape index (κ2) is 5.37. The minimum atomic E-state index is 0.0820. The van der Waals surface area contributed by atoms with E-state index in [-0.39, 0.29) is 5.56 Å². The summed E-state index contributed by atoms with van der Waals surface area (Å²) in [5.74, 6) is 0.573. The van der Waals surface area contributed by atoms with E-state index in [1.54, 1.807) is 6.20 Å². The first-order valence-electron chi connectivity index (χ1n) is 7.33. The van der Waals surface area contributed by atoms with Gasteiger partial charge in [0.05, 0.1) is 10.9 Å². The molecule has 0 aromatic carbocycles. The molecule has 1 aliphatic rings. The first-order valence-corrected chi connectivity index (χ1v) is 7.33. The van der Waals surface area contributed by atoms with Crippen molar-refractivity contribution < 1.29 is 0 Å². The Morgan fingerprint density at radius 3 is 3.00 bits per heavy atom. The summed E-state index contributed by atoms with van der Waals surface area (Å²) in [5.41, 5.74) is 0.863. The summed E-state index contributed by atoms with van der Waals surface area (Å²) in [5, 5.41) is 0.716. The standard InChI is InChI=1S/C16H21N3O/c1-12(2)18-8-5-13(10-18)11-19-9-6-15-14(16(19)20)4-3-7-17-15/h3-4,6-7,9,12-13H,5,8,10-11H2,1-2H3/t13-/m1/s1. The molecule has 0 saturated carbocycles. The van der Waals surface area contributed by atoms with Gasteiger partial charge in [-0.05, 0) is 50.9 Å². The van der Waals surface area contributed by atoms with Crippen molar-refractivity contribution in [2.45, 2.75) is 32.9 Å². The van der Waals surface area contributed by atoms with Crippen LogP contribution in [0.1, 0.15) is 20.3 Å². The first kappa shape index (κ1) is 13.3. The maximum absolute atomic E-state index is 12.4. The molecule has 0 aliphatic carbocycles. The van der Waals surface area contributed by atoms with Crippen LogP contribution in [0.5, 0.6) is 0 Å². The van der Waals surface area contributed by atoms with E-state index in [2.05, 4.69) is 23.7 Å². The Labute approximate surface area is 119 Å². The Hall–Kier alpha value is -1.68. The first-order chi connectivity index (χ1) is 9.65. The average molecular weight is 271 g/mol. The summed E-state index contributed by atoms with van der Waals surface area (Å²) in [6, 6.07) is 6.21. The molecular weight excluding hydrogens is 250 g/mol. The molecule has 0 spiro atoms. The summed E-state index contributed by atoms with van der Waals surface area (Å²) in [4.78, 5) is 19.2. The average Bonchev–Trinajstić information content (AvgIpc) is 2.91. The zero-order chi connectivity index (χ0) is 14.1. The van der Waals surface area contributed by atoms with Crippen LogP contribution in [0.2, 0.25) is 0 Å². The van der Waals surface area contributed by atoms with Gasteiger partial charge in [0.1, 0.15) is 0 Å². The second-order valence-corrected chi connectivity index (χ2v) is 5.95. The molecule has 20 heavy (non-hydrogen) atoms. The number of aromatic nitrogens is 2. The molecule has 1 atom stereocenters. The smallest absolute Gasteiger partial charge is 0.260 e. The third kappa shape index (κ3) is 2.48. The third-order valence-corrected chi connectivity index (χ3v) is 4.24. The Morgan fingerprint density at radius 1 is 1.40 bits per heavy atom. The summed E-state index contributed by atoms with van der Waals surface area (Å²) in [7, 11) is 0. The fraction of sp³-hybridized carbons (Fsp3) is 0.500. The molecule has 4 nitrogen and oxygen atoms in total. The summed E-state index contributed by atoms with van der Waals surface area (Å²) in [6.45, 7) is 7.51. The van der Waals surface area contributed by atoms with Crippen LogP contribution in [0.4, 0.5) is 0 Å². The largest absolute Gasteiger partial charge is 0.315 e. The van der Waals surface area contributed by atoms with Crippen molar-refractivity contribution in [2.75, 3.05) is 13.1 Å². The molecule has 2 aromatic rings. The van der Waals surface area contributed by atoms with Gasteiger partial charge in [0.2, 0.25) is 0 Å². The SMILES string of the molecule is CC(C)N1CC[C@@H](Cn2ccc3ncccc3c2=O)C1. The third-order valence-electron chi connectivity index (χ3n) is 4.24. The number of hydrogen-bond donors (Lipinski definition) is 0. The van der Waals surface area contributed by atoms with Crippen LogP contribution < -0.4 is 5.56 Å². The molecule has 106 valence electrons. The Kier molecular flexibility index (Phi) is 3.57. The maximum atomic E-state index is 12.4. The summed E-state index contributed by atoms with van der Waals surface area (Å²) in [6.07, 6.45) is 4.79. The topological polar surface area (TPSA) is 38.1 Å². The van der Waals surface area contributed by atoms with Gasteiger partial charge in [-0.3, -0.25) is 9.78 Å². The number of fused-ring (bicyclic) bond motifs is 1. The van der Waals surface area contributed by atoms with Crippen molar-refractivity contribution in [3.63, 3.8) is 0 Å². The highest BCUT2D eigenvalue weighted by Crippen LogP contribution is 2.20. The van der Waals surface area contributed by atoms with Crippen LogP contribution in [-0.4, -0.2) is 33.6 Å². The van der Waals surface area contributed by atoms with Gasteiger partial charge in [0, 0.05) is 31.5 Å². The number of rotatable bonds is 3. The van der Waals surface area contributed by atoms with Crippen LogP contribution in [0.15, 0.2) is 35.4 Å². The minimum Gasteiger partial charge on any atom is -0.315 e. The van der Waals surface area contributed by atoms with Crippen molar-refractivity contribution in [2.24, 2.45) is 5.92 Å². The van der Waals surface area contributed by atoms with Gasteiger partial charge in [0.25, 0.3) is 5.56 Å². The van der Waals surface area contributed by atoms with Gasteiger partial charge < -0.3 is 9.47 Å². The molecule has 2 aromatic heterocycles. The molecule has 1 fully saturated rings. The van der Waals surface area contributed by atoms with Crippen LogP contribution in [0, 0.1) is 5.92 Å². The number of hydrogen-bond acceptors (Lipinski definition) is 3. The molecule has 0 N–H and O–H groups in total. The van der Waals surface area contributed by atoms with Crippen molar-refractivity contribution in [1.82, 2.24) is 14.5 Å². The fourth-order valence-electron chi connectivity index (χ4n) is 3.02. The zero-order valence-corrected chi connectivity index (χ0v) is 12.1. The van der Waals surface area contributed by atoms with E-state index < -0.39 is 0 Å². The molecule has 0 amide bonds. The lowest BCUT2D eigenvalue weighted by atomic mass is 10.1. The molecule has 0 bridgehead atoms. The van der Waals surface area contributed by atoms with E-state index in [9.17, 15) is 4.79 Å². The van der Waals surface area contributed by atoms with E-state index in [0.717, 1.165) is 25.2 Å². The van der Waals surface area contributed by atoms with Gasteiger partial charge in [0.15, 0.2) is 0 Å². The van der Waals surface area contributed by atoms with Crippen LogP contribution >= 0.6 is 0 Å². The fourth-order valence-corrected chi connectivity index (χ4v) is 3.02. The molecule has 1 saturated heterocycles. The number of likely N-dealkylation sites (tertiary alicyclic amines) is 1. The normalized spacial score (nSPS) is 20.1. The van der Waals surface area contributed by atoms with Crippen molar-refractivity contribution >= 4 is 10.9 Å². The lowest BCUT2D eigenvalue weighted by molar-refractivity contribution is 0.260. The number of pyridine rings is 2. The quantitative estimate of drug-likeness (QED) is 0.858. The highest BCUT2D eigenvalue weighted by Gasteiger charge is 2.24. The number of nitrogens with zero attached hydrogens (tertiary/aromatic N) is 3. The van der Waals surface area contributed by atoms with Crippen LogP contribution in [0.25, 0.3) is 10.9 Å². The predicted molar refractivity (Wildman–Crippen MR) is 80.8 cm³/mol. The van der Waals surface area contributed by atoms with E-state index in [1.807, 2.05) is 29.0 Å². The predicted octanol–water partition coefficient (Wildman–Crippen LogP) is 2.13. The van der Waals surface area contributed by atoms with Crippen molar-refractivity contribution in [3.05, 3.63) is 40.9 Å². The Morgan fingerprint density at radius 2 is 2.25 bits per heavy atom. The lowest BCUT2D eigenvalue weighted by Gasteiger charge is -2.20. The van der Waals surface area contributed by atoms with Gasteiger partial charge in [-0.2, -0.15) is 0 Å². The molecule has 3 heterocycles. The molecule has 4 heteroatoms. The molecular formula is C16H21N3O. The van der Waals surface area contributed by atoms with Crippen LogP contribution in [-0.2, 0) is 6.54 Å². The molecule has 0 radical (unpaired) electrons. The van der Waals surface area contributed by atoms with E-state index in [0.29, 0.717) is 17.3 Å².